The van der Waals surface area contributed by atoms with Crippen molar-refractivity contribution in [2.24, 2.45) is 5.92 Å². The minimum Gasteiger partial charge on any atom is -0.468 e. The minimum absolute atomic E-state index is 0.190. The Morgan fingerprint density at radius 1 is 1.24 bits per heavy atom. The summed E-state index contributed by atoms with van der Waals surface area (Å²) in [4.78, 5) is 14.8. The first-order valence-electron chi connectivity index (χ1n) is 8.40. The number of hydrogen-bond acceptors (Lipinski definition) is 3. The van der Waals surface area contributed by atoms with Crippen molar-refractivity contribution in [1.82, 2.24) is 10.2 Å². The molecule has 0 radical (unpaired) electrons. The van der Waals surface area contributed by atoms with Crippen LogP contribution in [0.1, 0.15) is 56.7 Å². The number of nitrogens with zero attached hydrogens (tertiary/aromatic N) is 1. The van der Waals surface area contributed by atoms with Gasteiger partial charge >= 0.3 is 0 Å². The van der Waals surface area contributed by atoms with Gasteiger partial charge in [0.1, 0.15) is 5.76 Å². The Morgan fingerprint density at radius 3 is 2.67 bits per heavy atom. The lowest BCUT2D eigenvalue weighted by molar-refractivity contribution is -0.126. The average molecular weight is 290 g/mol. The van der Waals surface area contributed by atoms with Gasteiger partial charge in [-0.1, -0.05) is 19.3 Å². The summed E-state index contributed by atoms with van der Waals surface area (Å²) in [5.74, 6) is 1.45. The number of likely N-dealkylation sites (tertiary alicyclic amines) is 1. The van der Waals surface area contributed by atoms with Crippen LogP contribution in [0.5, 0.6) is 0 Å². The molecule has 0 bridgehead atoms. The maximum Gasteiger partial charge on any atom is 0.223 e. The highest BCUT2D eigenvalue weighted by Crippen LogP contribution is 2.26. The largest absolute Gasteiger partial charge is 0.468 e. The fourth-order valence-corrected chi connectivity index (χ4v) is 3.65. The Morgan fingerprint density at radius 2 is 2.00 bits per heavy atom. The van der Waals surface area contributed by atoms with Crippen molar-refractivity contribution in [2.45, 2.75) is 51.0 Å². The van der Waals surface area contributed by atoms with E-state index in [0.717, 1.165) is 31.7 Å². The van der Waals surface area contributed by atoms with E-state index in [0.29, 0.717) is 6.54 Å². The van der Waals surface area contributed by atoms with E-state index in [-0.39, 0.29) is 17.9 Å². The van der Waals surface area contributed by atoms with E-state index in [9.17, 15) is 4.79 Å². The molecule has 1 amide bonds. The smallest absolute Gasteiger partial charge is 0.223 e. The van der Waals surface area contributed by atoms with Crippen molar-refractivity contribution >= 4 is 5.91 Å². The Hall–Kier alpha value is -1.29. The molecule has 4 nitrogen and oxygen atoms in total. The van der Waals surface area contributed by atoms with Crippen LogP contribution >= 0.6 is 0 Å². The molecule has 1 atom stereocenters. The van der Waals surface area contributed by atoms with Crippen molar-refractivity contribution in [1.29, 1.82) is 0 Å². The molecule has 2 heterocycles. The van der Waals surface area contributed by atoms with Gasteiger partial charge in [-0.15, -0.1) is 0 Å². The lowest BCUT2D eigenvalue weighted by Crippen LogP contribution is -2.39. The topological polar surface area (TPSA) is 45.5 Å². The molecular formula is C17H26N2O2. The lowest BCUT2D eigenvalue weighted by atomic mass is 9.88. The maximum atomic E-state index is 12.3. The molecule has 1 saturated carbocycles. The van der Waals surface area contributed by atoms with Gasteiger partial charge < -0.3 is 9.73 Å². The Labute approximate surface area is 126 Å². The van der Waals surface area contributed by atoms with Gasteiger partial charge in [0.05, 0.1) is 12.3 Å². The van der Waals surface area contributed by atoms with Crippen molar-refractivity contribution < 1.29 is 9.21 Å². The third-order valence-corrected chi connectivity index (χ3v) is 4.90. The molecule has 0 spiro atoms. The highest BCUT2D eigenvalue weighted by molar-refractivity contribution is 5.78. The van der Waals surface area contributed by atoms with Crippen molar-refractivity contribution in [2.75, 3.05) is 19.6 Å². The van der Waals surface area contributed by atoms with E-state index in [2.05, 4.69) is 10.2 Å². The molecule has 1 saturated heterocycles. The van der Waals surface area contributed by atoms with Gasteiger partial charge in [-0.25, -0.2) is 0 Å². The fraction of sp³-hybridized carbons (Fsp3) is 0.706. The second-order valence-electron chi connectivity index (χ2n) is 6.35. The van der Waals surface area contributed by atoms with E-state index in [1.54, 1.807) is 6.26 Å². The molecule has 0 unspecified atom stereocenters. The molecule has 0 aromatic carbocycles. The summed E-state index contributed by atoms with van der Waals surface area (Å²) >= 11 is 0. The molecule has 1 aliphatic heterocycles. The zero-order chi connectivity index (χ0) is 14.5. The van der Waals surface area contributed by atoms with Gasteiger partial charge in [0.2, 0.25) is 5.91 Å². The molecule has 3 rings (SSSR count). The normalized spacial score (nSPS) is 22.3. The van der Waals surface area contributed by atoms with Gasteiger partial charge in [0, 0.05) is 12.5 Å². The Balaban J connectivity index is 1.58. The summed E-state index contributed by atoms with van der Waals surface area (Å²) in [5.41, 5.74) is 0. The van der Waals surface area contributed by atoms with Crippen LogP contribution in [0.2, 0.25) is 0 Å². The first-order valence-corrected chi connectivity index (χ1v) is 8.40. The quantitative estimate of drug-likeness (QED) is 0.906. The summed E-state index contributed by atoms with van der Waals surface area (Å²) < 4.78 is 5.59. The monoisotopic (exact) mass is 290 g/mol. The zero-order valence-electron chi connectivity index (χ0n) is 12.7. The lowest BCUT2D eigenvalue weighted by Gasteiger charge is -2.27. The second-order valence-corrected chi connectivity index (χ2v) is 6.35. The van der Waals surface area contributed by atoms with Crippen molar-refractivity contribution in [3.63, 3.8) is 0 Å². The molecule has 1 aliphatic carbocycles. The first kappa shape index (κ1) is 14.6. The summed E-state index contributed by atoms with van der Waals surface area (Å²) in [5, 5.41) is 3.18. The Kier molecular flexibility index (Phi) is 4.96. The van der Waals surface area contributed by atoms with E-state index in [1.165, 1.54) is 32.1 Å². The van der Waals surface area contributed by atoms with Gasteiger partial charge in [0.25, 0.3) is 0 Å². The minimum atomic E-state index is 0.190. The highest BCUT2D eigenvalue weighted by atomic mass is 16.3. The molecule has 21 heavy (non-hydrogen) atoms. The van der Waals surface area contributed by atoms with Gasteiger partial charge in [0.15, 0.2) is 0 Å². The number of hydrogen-bond donors (Lipinski definition) is 1. The number of carbonyl (C=O) groups is 1. The van der Waals surface area contributed by atoms with E-state index >= 15 is 0 Å². The fourth-order valence-electron chi connectivity index (χ4n) is 3.65. The SMILES string of the molecule is O=C(NC[C@H](c1ccco1)N1CCCC1)C1CCCCC1. The number of rotatable bonds is 5. The summed E-state index contributed by atoms with van der Waals surface area (Å²) in [6.45, 7) is 2.87. The predicted octanol–water partition coefficient (Wildman–Crippen LogP) is 3.11. The number of furan rings is 1. The molecule has 116 valence electrons. The van der Waals surface area contributed by atoms with Crippen molar-refractivity contribution in [3.8, 4) is 0 Å². The molecule has 2 fully saturated rings. The third-order valence-electron chi connectivity index (χ3n) is 4.90. The van der Waals surface area contributed by atoms with Gasteiger partial charge in [-0.2, -0.15) is 0 Å². The van der Waals surface area contributed by atoms with E-state index in [1.807, 2.05) is 12.1 Å². The Bertz CT molecular complexity index is 432. The molecule has 2 aliphatic rings. The third kappa shape index (κ3) is 3.67. The number of carbonyl (C=O) groups excluding carboxylic acids is 1. The van der Waals surface area contributed by atoms with Crippen LogP contribution < -0.4 is 5.32 Å². The standard InChI is InChI=1S/C17H26N2O2/c20-17(14-7-2-1-3-8-14)18-13-15(16-9-6-12-21-16)19-10-4-5-11-19/h6,9,12,14-15H,1-5,7-8,10-11,13H2,(H,18,20)/t15-/m1/s1. The summed E-state index contributed by atoms with van der Waals surface area (Å²) in [7, 11) is 0. The predicted molar refractivity (Wildman–Crippen MR) is 81.8 cm³/mol. The number of nitrogens with one attached hydrogen (secondary N) is 1. The van der Waals surface area contributed by atoms with E-state index in [4.69, 9.17) is 4.42 Å². The average Bonchev–Trinajstić information content (AvgIpc) is 3.22. The van der Waals surface area contributed by atoms with Crippen LogP contribution in [-0.4, -0.2) is 30.4 Å². The van der Waals surface area contributed by atoms with Gasteiger partial charge in [-0.3, -0.25) is 9.69 Å². The molecule has 4 heteroatoms. The highest BCUT2D eigenvalue weighted by Gasteiger charge is 2.27. The molecule has 1 aromatic heterocycles. The van der Waals surface area contributed by atoms with Gasteiger partial charge in [-0.05, 0) is 50.9 Å². The van der Waals surface area contributed by atoms with Crippen LogP contribution in [0.15, 0.2) is 22.8 Å². The van der Waals surface area contributed by atoms with E-state index < -0.39 is 0 Å². The van der Waals surface area contributed by atoms with Crippen molar-refractivity contribution in [3.05, 3.63) is 24.2 Å². The van der Waals surface area contributed by atoms with Crippen LogP contribution in [0.25, 0.3) is 0 Å². The molecular weight excluding hydrogens is 264 g/mol. The first-order chi connectivity index (χ1) is 10.3. The maximum absolute atomic E-state index is 12.3. The number of amides is 1. The summed E-state index contributed by atoms with van der Waals surface area (Å²) in [6, 6.07) is 4.15. The van der Waals surface area contributed by atoms with Crippen LogP contribution in [-0.2, 0) is 4.79 Å². The molecule has 1 aromatic rings. The zero-order valence-corrected chi connectivity index (χ0v) is 12.7. The van der Waals surface area contributed by atoms with Crippen LogP contribution in [0.4, 0.5) is 0 Å². The van der Waals surface area contributed by atoms with Crippen LogP contribution in [0, 0.1) is 5.92 Å². The van der Waals surface area contributed by atoms with Crippen LogP contribution in [0.3, 0.4) is 0 Å². The summed E-state index contributed by atoms with van der Waals surface area (Å²) in [6.07, 6.45) is 10.0. The molecule has 1 N–H and O–H groups in total. The second kappa shape index (κ2) is 7.12.